The molecule has 0 radical (unpaired) electrons. The standard InChI is InChI=1S/C16H16N4OS/c1-11-20-14(10-22-11)12-2-4-13(5-3-12)16(21)19-7-6-15-17-8-9-18-15/h2-5,8-10H,6-7H2,1H3,(H,17,18)(H,19,21). The van der Waals surface area contributed by atoms with Crippen LogP contribution in [0.5, 0.6) is 0 Å². The second-order valence-electron chi connectivity index (χ2n) is 4.87. The van der Waals surface area contributed by atoms with Crippen molar-refractivity contribution in [3.63, 3.8) is 0 Å². The molecular weight excluding hydrogens is 296 g/mol. The Kier molecular flexibility index (Phi) is 4.29. The van der Waals surface area contributed by atoms with Gasteiger partial charge in [0.25, 0.3) is 5.91 Å². The minimum atomic E-state index is -0.0763. The number of rotatable bonds is 5. The fraction of sp³-hybridized carbons (Fsp3) is 0.188. The van der Waals surface area contributed by atoms with Crippen molar-refractivity contribution in [3.05, 3.63) is 58.4 Å². The fourth-order valence-corrected chi connectivity index (χ4v) is 2.74. The topological polar surface area (TPSA) is 70.7 Å². The average Bonchev–Trinajstić information content (AvgIpc) is 3.19. The van der Waals surface area contributed by atoms with Gasteiger partial charge in [-0.1, -0.05) is 12.1 Å². The molecule has 0 saturated heterocycles. The highest BCUT2D eigenvalue weighted by molar-refractivity contribution is 7.09. The lowest BCUT2D eigenvalue weighted by Gasteiger charge is -2.05. The van der Waals surface area contributed by atoms with E-state index in [0.29, 0.717) is 18.5 Å². The Bertz CT molecular complexity index is 747. The molecule has 3 rings (SSSR count). The van der Waals surface area contributed by atoms with Crippen LogP contribution in [0, 0.1) is 6.92 Å². The predicted octanol–water partition coefficient (Wildman–Crippen LogP) is 2.81. The Labute approximate surface area is 132 Å². The number of H-pyrrole nitrogens is 1. The molecule has 0 aliphatic rings. The average molecular weight is 312 g/mol. The van der Waals surface area contributed by atoms with Gasteiger partial charge >= 0.3 is 0 Å². The highest BCUT2D eigenvalue weighted by atomic mass is 32.1. The van der Waals surface area contributed by atoms with Gasteiger partial charge in [0.05, 0.1) is 10.7 Å². The molecule has 0 unspecified atom stereocenters. The van der Waals surface area contributed by atoms with Crippen LogP contribution in [0.25, 0.3) is 11.3 Å². The molecule has 0 aliphatic carbocycles. The van der Waals surface area contributed by atoms with Gasteiger partial charge in [0.2, 0.25) is 0 Å². The maximum atomic E-state index is 12.1. The Hall–Kier alpha value is -2.47. The highest BCUT2D eigenvalue weighted by Crippen LogP contribution is 2.21. The molecule has 2 N–H and O–H groups in total. The lowest BCUT2D eigenvalue weighted by atomic mass is 10.1. The number of nitrogens with one attached hydrogen (secondary N) is 2. The third-order valence-corrected chi connectivity index (χ3v) is 4.04. The number of aryl methyl sites for hydroxylation is 1. The van der Waals surface area contributed by atoms with Crippen LogP contribution in [-0.2, 0) is 6.42 Å². The van der Waals surface area contributed by atoms with Gasteiger partial charge in [-0.25, -0.2) is 9.97 Å². The molecule has 2 aromatic heterocycles. The monoisotopic (exact) mass is 312 g/mol. The van der Waals surface area contributed by atoms with Crippen LogP contribution in [0.2, 0.25) is 0 Å². The number of imidazole rings is 1. The predicted molar refractivity (Wildman–Crippen MR) is 86.9 cm³/mol. The summed E-state index contributed by atoms with van der Waals surface area (Å²) in [6.45, 7) is 2.54. The number of hydrogen-bond donors (Lipinski definition) is 2. The van der Waals surface area contributed by atoms with E-state index in [0.717, 1.165) is 22.1 Å². The minimum Gasteiger partial charge on any atom is -0.352 e. The first-order valence-electron chi connectivity index (χ1n) is 7.01. The zero-order chi connectivity index (χ0) is 15.4. The second-order valence-corrected chi connectivity index (χ2v) is 5.93. The fourth-order valence-electron chi connectivity index (χ4n) is 2.12. The van der Waals surface area contributed by atoms with Gasteiger partial charge in [-0.3, -0.25) is 4.79 Å². The van der Waals surface area contributed by atoms with Crippen molar-refractivity contribution in [1.29, 1.82) is 0 Å². The second kappa shape index (κ2) is 6.53. The summed E-state index contributed by atoms with van der Waals surface area (Å²) >= 11 is 1.62. The number of aromatic amines is 1. The summed E-state index contributed by atoms with van der Waals surface area (Å²) in [6.07, 6.45) is 4.17. The Morgan fingerprint density at radius 2 is 2.14 bits per heavy atom. The maximum Gasteiger partial charge on any atom is 0.251 e. The van der Waals surface area contributed by atoms with Gasteiger partial charge in [-0.2, -0.15) is 0 Å². The van der Waals surface area contributed by atoms with E-state index in [2.05, 4.69) is 20.3 Å². The normalized spacial score (nSPS) is 10.6. The summed E-state index contributed by atoms with van der Waals surface area (Å²) in [5.41, 5.74) is 2.62. The summed E-state index contributed by atoms with van der Waals surface area (Å²) in [7, 11) is 0. The summed E-state index contributed by atoms with van der Waals surface area (Å²) in [4.78, 5) is 23.6. The van der Waals surface area contributed by atoms with E-state index >= 15 is 0 Å². The van der Waals surface area contributed by atoms with Gasteiger partial charge in [0.1, 0.15) is 5.82 Å². The van der Waals surface area contributed by atoms with Crippen LogP contribution < -0.4 is 5.32 Å². The quantitative estimate of drug-likeness (QED) is 0.761. The van der Waals surface area contributed by atoms with Crippen LogP contribution in [0.4, 0.5) is 0 Å². The zero-order valence-electron chi connectivity index (χ0n) is 12.2. The molecule has 0 spiro atoms. The number of carbonyl (C=O) groups is 1. The van der Waals surface area contributed by atoms with E-state index in [1.165, 1.54) is 0 Å². The first-order valence-corrected chi connectivity index (χ1v) is 7.89. The van der Waals surface area contributed by atoms with E-state index in [9.17, 15) is 4.79 Å². The molecule has 1 amide bonds. The highest BCUT2D eigenvalue weighted by Gasteiger charge is 2.07. The van der Waals surface area contributed by atoms with Gasteiger partial charge in [-0.15, -0.1) is 11.3 Å². The molecule has 2 heterocycles. The Morgan fingerprint density at radius 3 is 2.77 bits per heavy atom. The van der Waals surface area contributed by atoms with Gasteiger partial charge in [0, 0.05) is 41.9 Å². The van der Waals surface area contributed by atoms with Crippen molar-refractivity contribution < 1.29 is 4.79 Å². The number of aromatic nitrogens is 3. The molecule has 5 nitrogen and oxygen atoms in total. The number of nitrogens with zero attached hydrogens (tertiary/aromatic N) is 2. The van der Waals surface area contributed by atoms with E-state index < -0.39 is 0 Å². The van der Waals surface area contributed by atoms with Crippen LogP contribution in [0.3, 0.4) is 0 Å². The number of thiazole rings is 1. The van der Waals surface area contributed by atoms with Gasteiger partial charge in [-0.05, 0) is 19.1 Å². The van der Waals surface area contributed by atoms with Gasteiger partial charge < -0.3 is 10.3 Å². The zero-order valence-corrected chi connectivity index (χ0v) is 13.0. The summed E-state index contributed by atoms with van der Waals surface area (Å²) in [5.74, 6) is 0.794. The van der Waals surface area contributed by atoms with E-state index in [4.69, 9.17) is 0 Å². The number of carbonyl (C=O) groups excluding carboxylic acids is 1. The molecule has 0 saturated carbocycles. The third-order valence-electron chi connectivity index (χ3n) is 3.26. The molecule has 112 valence electrons. The van der Waals surface area contributed by atoms with Crippen LogP contribution >= 0.6 is 11.3 Å². The van der Waals surface area contributed by atoms with Crippen molar-refractivity contribution in [1.82, 2.24) is 20.3 Å². The van der Waals surface area contributed by atoms with Crippen LogP contribution in [0.15, 0.2) is 42.0 Å². The molecule has 6 heteroatoms. The molecule has 0 aliphatic heterocycles. The Balaban J connectivity index is 1.58. The largest absolute Gasteiger partial charge is 0.352 e. The summed E-state index contributed by atoms with van der Waals surface area (Å²) in [6, 6.07) is 7.50. The molecular formula is C16H16N4OS. The van der Waals surface area contributed by atoms with Crippen LogP contribution in [0.1, 0.15) is 21.2 Å². The maximum absolute atomic E-state index is 12.1. The smallest absolute Gasteiger partial charge is 0.251 e. The molecule has 22 heavy (non-hydrogen) atoms. The lowest BCUT2D eigenvalue weighted by Crippen LogP contribution is -2.25. The summed E-state index contributed by atoms with van der Waals surface area (Å²) in [5, 5.41) is 5.95. The van der Waals surface area contributed by atoms with E-state index in [1.807, 2.05) is 36.6 Å². The van der Waals surface area contributed by atoms with Crippen LogP contribution in [-0.4, -0.2) is 27.4 Å². The van der Waals surface area contributed by atoms with E-state index in [1.54, 1.807) is 23.7 Å². The van der Waals surface area contributed by atoms with Crippen molar-refractivity contribution in [2.24, 2.45) is 0 Å². The molecule has 3 aromatic rings. The Morgan fingerprint density at radius 1 is 1.32 bits per heavy atom. The number of benzene rings is 1. The minimum absolute atomic E-state index is 0.0763. The van der Waals surface area contributed by atoms with Crippen molar-refractivity contribution in [2.75, 3.05) is 6.54 Å². The third kappa shape index (κ3) is 3.40. The number of amides is 1. The first-order chi connectivity index (χ1) is 10.7. The SMILES string of the molecule is Cc1nc(-c2ccc(C(=O)NCCc3ncc[nH]3)cc2)cs1. The van der Waals surface area contributed by atoms with Crippen molar-refractivity contribution >= 4 is 17.2 Å². The number of hydrogen-bond acceptors (Lipinski definition) is 4. The lowest BCUT2D eigenvalue weighted by molar-refractivity contribution is 0.0954. The molecule has 0 bridgehead atoms. The first kappa shape index (κ1) is 14.5. The summed E-state index contributed by atoms with van der Waals surface area (Å²) < 4.78 is 0. The molecule has 0 fully saturated rings. The van der Waals surface area contributed by atoms with Crippen molar-refractivity contribution in [3.8, 4) is 11.3 Å². The molecule has 1 aromatic carbocycles. The van der Waals surface area contributed by atoms with Gasteiger partial charge in [0.15, 0.2) is 0 Å². The van der Waals surface area contributed by atoms with Crippen molar-refractivity contribution in [2.45, 2.75) is 13.3 Å². The molecule has 0 atom stereocenters. The van der Waals surface area contributed by atoms with E-state index in [-0.39, 0.29) is 5.91 Å².